The molecule has 1 amide bonds. The van der Waals surface area contributed by atoms with Crippen LogP contribution >= 0.6 is 12.2 Å². The lowest BCUT2D eigenvalue weighted by Gasteiger charge is -2.17. The number of benzene rings is 3. The summed E-state index contributed by atoms with van der Waals surface area (Å²) < 4.78 is 16.8. The molecule has 0 atom stereocenters. The summed E-state index contributed by atoms with van der Waals surface area (Å²) in [6, 6.07) is 20.8. The summed E-state index contributed by atoms with van der Waals surface area (Å²) in [6.07, 6.45) is 1.76. The summed E-state index contributed by atoms with van der Waals surface area (Å²) in [6.45, 7) is 2.36. The van der Waals surface area contributed by atoms with Gasteiger partial charge in [0.1, 0.15) is 29.6 Å². The summed E-state index contributed by atoms with van der Waals surface area (Å²) >= 11 is 5.43. The summed E-state index contributed by atoms with van der Waals surface area (Å²) in [7, 11) is 3.18. The Hall–Kier alpha value is -3.84. The fraction of sp³-hybridized carbons (Fsp3) is 0.154. The molecule has 0 radical (unpaired) electrons. The monoisotopic (exact) mass is 460 g/mol. The topological polar surface area (TPSA) is 60.0 Å². The minimum Gasteiger partial charge on any atom is -0.496 e. The molecule has 6 nitrogen and oxygen atoms in total. The van der Waals surface area contributed by atoms with Gasteiger partial charge in [0.05, 0.1) is 19.9 Å². The van der Waals surface area contributed by atoms with Gasteiger partial charge in [-0.3, -0.25) is 4.79 Å². The molecule has 0 aliphatic carbocycles. The molecule has 7 heteroatoms. The van der Waals surface area contributed by atoms with Crippen molar-refractivity contribution in [2.24, 2.45) is 0 Å². The molecule has 168 valence electrons. The Morgan fingerprint density at radius 2 is 1.70 bits per heavy atom. The van der Waals surface area contributed by atoms with Crippen LogP contribution in [0.4, 0.5) is 5.69 Å². The number of amides is 1. The van der Waals surface area contributed by atoms with Crippen molar-refractivity contribution in [3.8, 4) is 17.2 Å². The fourth-order valence-corrected chi connectivity index (χ4v) is 3.82. The third-order valence-electron chi connectivity index (χ3n) is 5.24. The Kier molecular flexibility index (Phi) is 6.60. The first-order valence-corrected chi connectivity index (χ1v) is 10.8. The second kappa shape index (κ2) is 9.75. The van der Waals surface area contributed by atoms with Crippen LogP contribution in [0, 0.1) is 6.92 Å². The van der Waals surface area contributed by atoms with Crippen molar-refractivity contribution in [2.45, 2.75) is 13.5 Å². The fourth-order valence-electron chi connectivity index (χ4n) is 3.53. The summed E-state index contributed by atoms with van der Waals surface area (Å²) in [5.41, 5.74) is 3.82. The number of methoxy groups -OCH3 is 2. The number of thiocarbonyl (C=S) groups is 1. The number of nitrogens with zero attached hydrogens (tertiary/aromatic N) is 1. The van der Waals surface area contributed by atoms with E-state index in [0.717, 1.165) is 16.9 Å². The lowest BCUT2D eigenvalue weighted by atomic mass is 10.1. The zero-order valence-electron chi connectivity index (χ0n) is 18.6. The lowest BCUT2D eigenvalue weighted by Crippen LogP contribution is -2.30. The summed E-state index contributed by atoms with van der Waals surface area (Å²) in [5, 5.41) is 3.31. The van der Waals surface area contributed by atoms with Gasteiger partial charge in [0.2, 0.25) is 0 Å². The highest BCUT2D eigenvalue weighted by atomic mass is 32.1. The molecule has 3 aromatic carbocycles. The smallest absolute Gasteiger partial charge is 0.281 e. The minimum absolute atomic E-state index is 0.252. The number of nitrogens with one attached hydrogen (secondary N) is 1. The van der Waals surface area contributed by atoms with Crippen molar-refractivity contribution in [2.75, 3.05) is 19.1 Å². The molecule has 1 heterocycles. The number of carbonyl (C=O) groups excluding carboxylic acids is 1. The van der Waals surface area contributed by atoms with Gasteiger partial charge in [-0.15, -0.1) is 0 Å². The molecular formula is C26H24N2O4S. The van der Waals surface area contributed by atoms with Gasteiger partial charge >= 0.3 is 0 Å². The quantitative estimate of drug-likeness (QED) is 0.402. The number of anilines is 1. The number of hydrogen-bond acceptors (Lipinski definition) is 5. The van der Waals surface area contributed by atoms with Crippen molar-refractivity contribution < 1.29 is 19.0 Å². The molecule has 0 saturated carbocycles. The third kappa shape index (κ3) is 4.83. The number of rotatable bonds is 7. The van der Waals surface area contributed by atoms with Crippen LogP contribution in [0.25, 0.3) is 6.08 Å². The molecular weight excluding hydrogens is 436 g/mol. The Labute approximate surface area is 198 Å². The highest BCUT2D eigenvalue weighted by Gasteiger charge is 2.33. The first-order valence-electron chi connectivity index (χ1n) is 10.4. The van der Waals surface area contributed by atoms with Gasteiger partial charge in [0.25, 0.3) is 5.91 Å². The normalized spacial score (nSPS) is 14.4. The van der Waals surface area contributed by atoms with E-state index in [0.29, 0.717) is 34.6 Å². The van der Waals surface area contributed by atoms with E-state index in [1.807, 2.05) is 61.5 Å². The molecule has 1 saturated heterocycles. The second-order valence-corrected chi connectivity index (χ2v) is 7.86. The average molecular weight is 461 g/mol. The standard InChI is InChI=1S/C26H24N2O4S/c1-17-8-11-20(12-9-17)32-16-19-14-18(10-13-23(19)30-2)15-21-25(29)28(26(33)27-21)22-6-4-5-7-24(22)31-3/h4-15H,16H2,1-3H3,(H,27,33)/b21-15+. The van der Waals surface area contributed by atoms with E-state index in [2.05, 4.69) is 5.32 Å². The molecule has 0 spiro atoms. The molecule has 1 aliphatic rings. The van der Waals surface area contributed by atoms with Gasteiger partial charge in [-0.2, -0.15) is 0 Å². The number of carbonyl (C=O) groups is 1. The summed E-state index contributed by atoms with van der Waals surface area (Å²) in [4.78, 5) is 14.6. The molecule has 1 fully saturated rings. The van der Waals surface area contributed by atoms with Crippen LogP contribution in [0.5, 0.6) is 17.2 Å². The predicted molar refractivity (Wildman–Crippen MR) is 133 cm³/mol. The van der Waals surface area contributed by atoms with E-state index in [-0.39, 0.29) is 5.91 Å². The second-order valence-electron chi connectivity index (χ2n) is 7.47. The minimum atomic E-state index is -0.252. The van der Waals surface area contributed by atoms with E-state index in [1.165, 1.54) is 10.5 Å². The van der Waals surface area contributed by atoms with Gasteiger partial charge in [-0.05, 0) is 67.2 Å². The zero-order chi connectivity index (χ0) is 23.4. The van der Waals surface area contributed by atoms with Crippen LogP contribution in [0.3, 0.4) is 0 Å². The van der Waals surface area contributed by atoms with Crippen LogP contribution in [0.2, 0.25) is 0 Å². The number of ether oxygens (including phenoxy) is 3. The van der Waals surface area contributed by atoms with Crippen molar-refractivity contribution in [1.82, 2.24) is 5.32 Å². The van der Waals surface area contributed by atoms with Gasteiger partial charge in [0.15, 0.2) is 5.11 Å². The third-order valence-corrected chi connectivity index (χ3v) is 5.52. The van der Waals surface area contributed by atoms with Crippen molar-refractivity contribution >= 4 is 35.0 Å². The van der Waals surface area contributed by atoms with Crippen molar-refractivity contribution in [3.63, 3.8) is 0 Å². The maximum atomic E-state index is 13.1. The Balaban J connectivity index is 1.58. The first kappa shape index (κ1) is 22.4. The number of hydrogen-bond donors (Lipinski definition) is 1. The zero-order valence-corrected chi connectivity index (χ0v) is 19.4. The molecule has 1 aliphatic heterocycles. The van der Waals surface area contributed by atoms with E-state index in [1.54, 1.807) is 32.4 Å². The van der Waals surface area contributed by atoms with Gasteiger partial charge in [0, 0.05) is 5.56 Å². The molecule has 3 aromatic rings. The van der Waals surface area contributed by atoms with Crippen molar-refractivity contribution in [3.05, 3.63) is 89.1 Å². The van der Waals surface area contributed by atoms with Crippen LogP contribution in [-0.4, -0.2) is 25.2 Å². The Bertz CT molecular complexity index is 1220. The molecule has 4 rings (SSSR count). The highest BCUT2D eigenvalue weighted by molar-refractivity contribution is 7.80. The predicted octanol–water partition coefficient (Wildman–Crippen LogP) is 4.85. The summed E-state index contributed by atoms with van der Waals surface area (Å²) in [5.74, 6) is 1.80. The van der Waals surface area contributed by atoms with E-state index >= 15 is 0 Å². The SMILES string of the molecule is COc1ccc(/C=C2/NC(=S)N(c3ccccc3OC)C2=O)cc1COc1ccc(C)cc1. The van der Waals surface area contributed by atoms with Gasteiger partial charge in [-0.25, -0.2) is 4.90 Å². The van der Waals surface area contributed by atoms with E-state index in [9.17, 15) is 4.79 Å². The van der Waals surface area contributed by atoms with Crippen LogP contribution in [-0.2, 0) is 11.4 Å². The van der Waals surface area contributed by atoms with Crippen LogP contribution in [0.15, 0.2) is 72.4 Å². The van der Waals surface area contributed by atoms with Crippen LogP contribution < -0.4 is 24.4 Å². The average Bonchev–Trinajstić information content (AvgIpc) is 3.11. The number of aryl methyl sites for hydroxylation is 1. The maximum Gasteiger partial charge on any atom is 0.281 e. The van der Waals surface area contributed by atoms with Crippen molar-refractivity contribution in [1.29, 1.82) is 0 Å². The lowest BCUT2D eigenvalue weighted by molar-refractivity contribution is -0.113. The molecule has 0 bridgehead atoms. The first-order chi connectivity index (χ1) is 16.0. The largest absolute Gasteiger partial charge is 0.496 e. The molecule has 33 heavy (non-hydrogen) atoms. The molecule has 1 N–H and O–H groups in total. The Morgan fingerprint density at radius 1 is 0.970 bits per heavy atom. The molecule has 0 unspecified atom stereocenters. The maximum absolute atomic E-state index is 13.1. The van der Waals surface area contributed by atoms with E-state index < -0.39 is 0 Å². The van der Waals surface area contributed by atoms with Gasteiger partial charge in [-0.1, -0.05) is 35.9 Å². The van der Waals surface area contributed by atoms with Crippen LogP contribution in [0.1, 0.15) is 16.7 Å². The van der Waals surface area contributed by atoms with Gasteiger partial charge < -0.3 is 19.5 Å². The van der Waals surface area contributed by atoms with E-state index in [4.69, 9.17) is 26.4 Å². The highest BCUT2D eigenvalue weighted by Crippen LogP contribution is 2.31. The number of para-hydroxylation sites is 2. The Morgan fingerprint density at radius 3 is 2.42 bits per heavy atom. The molecule has 0 aromatic heterocycles.